The fraction of sp³-hybridized carbons (Fsp3) is 1.00. The number of nitrogens with two attached hydrogens (primary N) is 1. The Kier molecular flexibility index (Phi) is 3.69. The third-order valence-electron chi connectivity index (χ3n) is 2.01. The molecule has 2 N–H and O–H groups in total. The van der Waals surface area contributed by atoms with Gasteiger partial charge < -0.3 is 10.6 Å². The molecule has 0 radical (unpaired) electrons. The van der Waals surface area contributed by atoms with E-state index in [1.165, 1.54) is 19.4 Å². The Morgan fingerprint density at radius 1 is 1.55 bits per heavy atom. The van der Waals surface area contributed by atoms with Crippen LogP contribution >= 0.6 is 11.8 Å². The van der Waals surface area contributed by atoms with Gasteiger partial charge in [-0.2, -0.15) is 11.8 Å². The highest BCUT2D eigenvalue weighted by Crippen LogP contribution is 2.27. The number of hydrogen-bond donors (Lipinski definition) is 1. The number of hydrogen-bond acceptors (Lipinski definition) is 3. The first-order chi connectivity index (χ1) is 5.18. The molecule has 3 heteroatoms. The lowest BCUT2D eigenvalue weighted by Crippen LogP contribution is -2.21. The molecular formula is C8H18N2S. The predicted molar refractivity (Wildman–Crippen MR) is 52.0 cm³/mol. The maximum atomic E-state index is 5.80. The molecule has 0 spiro atoms. The van der Waals surface area contributed by atoms with E-state index in [-0.39, 0.29) is 0 Å². The van der Waals surface area contributed by atoms with E-state index in [0.717, 1.165) is 11.0 Å². The van der Waals surface area contributed by atoms with Gasteiger partial charge in [-0.05, 0) is 33.5 Å². The minimum Gasteiger partial charge on any atom is -0.327 e. The molecule has 1 aliphatic heterocycles. The average molecular weight is 174 g/mol. The van der Waals surface area contributed by atoms with Crippen molar-refractivity contribution in [2.24, 2.45) is 5.73 Å². The largest absolute Gasteiger partial charge is 0.327 e. The van der Waals surface area contributed by atoms with Gasteiger partial charge in [0, 0.05) is 17.0 Å². The lowest BCUT2D eigenvalue weighted by atomic mass is 10.1. The summed E-state index contributed by atoms with van der Waals surface area (Å²) in [5.41, 5.74) is 5.80. The smallest absolute Gasteiger partial charge is 0.0141 e. The fourth-order valence-electron chi connectivity index (χ4n) is 1.34. The summed E-state index contributed by atoms with van der Waals surface area (Å²) in [4.78, 5) is 2.24. The molecule has 1 heterocycles. The number of nitrogens with zero attached hydrogens (tertiary/aromatic N) is 1. The van der Waals surface area contributed by atoms with Crippen molar-refractivity contribution < 1.29 is 0 Å². The molecule has 11 heavy (non-hydrogen) atoms. The van der Waals surface area contributed by atoms with E-state index >= 15 is 0 Å². The van der Waals surface area contributed by atoms with Gasteiger partial charge in [0.15, 0.2) is 0 Å². The SMILES string of the molecule is CN(C)CCC1CC(N)CS1. The van der Waals surface area contributed by atoms with Crippen LogP contribution in [-0.4, -0.2) is 42.6 Å². The molecule has 0 aliphatic carbocycles. The predicted octanol–water partition coefficient (Wildman–Crippen LogP) is 0.771. The van der Waals surface area contributed by atoms with Crippen molar-refractivity contribution in [3.05, 3.63) is 0 Å². The molecule has 0 aromatic heterocycles. The summed E-state index contributed by atoms with van der Waals surface area (Å²) < 4.78 is 0. The summed E-state index contributed by atoms with van der Waals surface area (Å²) in [5, 5.41) is 0.826. The highest BCUT2D eigenvalue weighted by Gasteiger charge is 2.21. The topological polar surface area (TPSA) is 29.3 Å². The van der Waals surface area contributed by atoms with Crippen LogP contribution in [0.15, 0.2) is 0 Å². The summed E-state index contributed by atoms with van der Waals surface area (Å²) in [7, 11) is 4.25. The van der Waals surface area contributed by atoms with Crippen molar-refractivity contribution in [1.82, 2.24) is 4.90 Å². The van der Waals surface area contributed by atoms with E-state index in [0.29, 0.717) is 6.04 Å². The van der Waals surface area contributed by atoms with Crippen molar-refractivity contribution in [1.29, 1.82) is 0 Å². The maximum absolute atomic E-state index is 5.80. The normalized spacial score (nSPS) is 31.6. The zero-order valence-corrected chi connectivity index (χ0v) is 8.23. The molecule has 1 rings (SSSR count). The van der Waals surface area contributed by atoms with Gasteiger partial charge in [0.2, 0.25) is 0 Å². The molecule has 0 aromatic rings. The van der Waals surface area contributed by atoms with Gasteiger partial charge in [0.05, 0.1) is 0 Å². The first-order valence-electron chi connectivity index (χ1n) is 4.20. The van der Waals surface area contributed by atoms with Crippen molar-refractivity contribution in [2.75, 3.05) is 26.4 Å². The van der Waals surface area contributed by atoms with Crippen LogP contribution in [0.2, 0.25) is 0 Å². The van der Waals surface area contributed by atoms with Crippen molar-refractivity contribution in [3.8, 4) is 0 Å². The Bertz CT molecular complexity index is 117. The third-order valence-corrected chi connectivity index (χ3v) is 3.53. The Hall–Kier alpha value is 0.270. The van der Waals surface area contributed by atoms with E-state index in [4.69, 9.17) is 5.73 Å². The highest BCUT2D eigenvalue weighted by atomic mass is 32.2. The maximum Gasteiger partial charge on any atom is 0.0141 e. The third kappa shape index (κ3) is 3.45. The molecule has 2 nitrogen and oxygen atoms in total. The summed E-state index contributed by atoms with van der Waals surface area (Å²) in [6, 6.07) is 0.465. The Labute approximate surface area is 73.5 Å². The standard InChI is InChI=1S/C8H18N2S/c1-10(2)4-3-8-5-7(9)6-11-8/h7-8H,3-6,9H2,1-2H3. The van der Waals surface area contributed by atoms with Gasteiger partial charge in [-0.1, -0.05) is 0 Å². The van der Waals surface area contributed by atoms with Crippen LogP contribution in [0.5, 0.6) is 0 Å². The van der Waals surface area contributed by atoms with E-state index in [9.17, 15) is 0 Å². The lowest BCUT2D eigenvalue weighted by Gasteiger charge is -2.12. The highest BCUT2D eigenvalue weighted by molar-refractivity contribution is 8.00. The first kappa shape index (κ1) is 9.36. The van der Waals surface area contributed by atoms with Crippen LogP contribution in [0.1, 0.15) is 12.8 Å². The molecule has 1 saturated heterocycles. The van der Waals surface area contributed by atoms with Gasteiger partial charge in [-0.3, -0.25) is 0 Å². The lowest BCUT2D eigenvalue weighted by molar-refractivity contribution is 0.394. The van der Waals surface area contributed by atoms with E-state index in [1.54, 1.807) is 0 Å². The number of thioether (sulfide) groups is 1. The quantitative estimate of drug-likeness (QED) is 0.685. The van der Waals surface area contributed by atoms with E-state index < -0.39 is 0 Å². The molecular weight excluding hydrogens is 156 g/mol. The van der Waals surface area contributed by atoms with Crippen LogP contribution in [0.4, 0.5) is 0 Å². The molecule has 0 aromatic carbocycles. The van der Waals surface area contributed by atoms with Gasteiger partial charge in [0.25, 0.3) is 0 Å². The Morgan fingerprint density at radius 3 is 2.73 bits per heavy atom. The molecule has 2 atom stereocenters. The minimum atomic E-state index is 0.465. The van der Waals surface area contributed by atoms with Gasteiger partial charge in [0.1, 0.15) is 0 Å². The zero-order chi connectivity index (χ0) is 8.27. The molecule has 0 bridgehead atoms. The molecule has 0 amide bonds. The first-order valence-corrected chi connectivity index (χ1v) is 5.25. The van der Waals surface area contributed by atoms with E-state index in [2.05, 4.69) is 19.0 Å². The summed E-state index contributed by atoms with van der Waals surface area (Å²) in [6.45, 7) is 1.20. The van der Waals surface area contributed by atoms with Crippen LogP contribution < -0.4 is 5.73 Å². The molecule has 66 valence electrons. The molecule has 1 aliphatic rings. The van der Waals surface area contributed by atoms with Gasteiger partial charge in [-0.25, -0.2) is 0 Å². The van der Waals surface area contributed by atoms with E-state index in [1.807, 2.05) is 11.8 Å². The second kappa shape index (κ2) is 4.33. The van der Waals surface area contributed by atoms with Crippen molar-refractivity contribution in [2.45, 2.75) is 24.1 Å². The summed E-state index contributed by atoms with van der Waals surface area (Å²) in [5.74, 6) is 1.16. The van der Waals surface area contributed by atoms with Crippen LogP contribution in [0.25, 0.3) is 0 Å². The minimum absolute atomic E-state index is 0.465. The zero-order valence-electron chi connectivity index (χ0n) is 7.42. The second-order valence-electron chi connectivity index (χ2n) is 3.54. The average Bonchev–Trinajstić information content (AvgIpc) is 2.31. The van der Waals surface area contributed by atoms with Crippen molar-refractivity contribution in [3.63, 3.8) is 0 Å². The van der Waals surface area contributed by atoms with Crippen LogP contribution in [0, 0.1) is 0 Å². The Balaban J connectivity index is 2.08. The molecule has 2 unspecified atom stereocenters. The van der Waals surface area contributed by atoms with Crippen LogP contribution in [0.3, 0.4) is 0 Å². The van der Waals surface area contributed by atoms with Crippen LogP contribution in [-0.2, 0) is 0 Å². The monoisotopic (exact) mass is 174 g/mol. The van der Waals surface area contributed by atoms with Gasteiger partial charge in [-0.15, -0.1) is 0 Å². The van der Waals surface area contributed by atoms with Gasteiger partial charge >= 0.3 is 0 Å². The van der Waals surface area contributed by atoms with Crippen molar-refractivity contribution >= 4 is 11.8 Å². The Morgan fingerprint density at radius 2 is 2.27 bits per heavy atom. The molecule has 0 saturated carbocycles. The number of rotatable bonds is 3. The summed E-state index contributed by atoms with van der Waals surface area (Å²) >= 11 is 2.04. The summed E-state index contributed by atoms with van der Waals surface area (Å²) in [6.07, 6.45) is 2.52. The fourth-order valence-corrected chi connectivity index (χ4v) is 2.65. The molecule has 1 fully saturated rings. The second-order valence-corrected chi connectivity index (χ2v) is 4.88.